The van der Waals surface area contributed by atoms with Gasteiger partial charge in [0, 0.05) is 29.5 Å². The number of amides is 1. The van der Waals surface area contributed by atoms with Gasteiger partial charge in [0.2, 0.25) is 11.0 Å². The first kappa shape index (κ1) is 18.8. The fourth-order valence-corrected chi connectivity index (χ4v) is 3.61. The third-order valence-electron chi connectivity index (χ3n) is 4.21. The van der Waals surface area contributed by atoms with Crippen LogP contribution in [0.15, 0.2) is 60.0 Å². The number of rotatable bonds is 5. The average molecular weight is 408 g/mol. The Balaban J connectivity index is 1.72. The van der Waals surface area contributed by atoms with Crippen molar-refractivity contribution >= 4 is 23.1 Å². The summed E-state index contributed by atoms with van der Waals surface area (Å²) in [6.45, 7) is 1.43. The van der Waals surface area contributed by atoms with Crippen LogP contribution in [0.4, 0.5) is 10.2 Å². The van der Waals surface area contributed by atoms with Gasteiger partial charge < -0.3 is 10.1 Å². The lowest BCUT2D eigenvalue weighted by molar-refractivity contribution is -0.114. The Morgan fingerprint density at radius 3 is 2.38 bits per heavy atom. The van der Waals surface area contributed by atoms with Crippen molar-refractivity contribution in [1.29, 1.82) is 0 Å². The number of carbonyl (C=O) groups is 1. The predicted molar refractivity (Wildman–Crippen MR) is 111 cm³/mol. The average Bonchev–Trinajstić information content (AvgIpc) is 3.35. The molecule has 8 heteroatoms. The number of nitrogens with one attached hydrogen (secondary N) is 1. The van der Waals surface area contributed by atoms with E-state index in [2.05, 4.69) is 15.4 Å². The zero-order valence-electron chi connectivity index (χ0n) is 15.7. The van der Waals surface area contributed by atoms with Gasteiger partial charge in [-0.2, -0.15) is 9.78 Å². The Bertz CT molecular complexity index is 1150. The largest absolute Gasteiger partial charge is 0.497 e. The summed E-state index contributed by atoms with van der Waals surface area (Å²) >= 11 is 1.41. The number of hydrogen-bond donors (Lipinski definition) is 1. The summed E-state index contributed by atoms with van der Waals surface area (Å²) in [5.74, 6) is 0.726. The van der Waals surface area contributed by atoms with E-state index in [0.717, 1.165) is 22.6 Å². The maximum absolute atomic E-state index is 13.2. The number of thiazole rings is 1. The van der Waals surface area contributed by atoms with Gasteiger partial charge in [-0.1, -0.05) is 0 Å². The summed E-state index contributed by atoms with van der Waals surface area (Å²) in [5, 5.41) is 9.88. The van der Waals surface area contributed by atoms with Crippen molar-refractivity contribution in [2.24, 2.45) is 0 Å². The van der Waals surface area contributed by atoms with Crippen LogP contribution in [0.1, 0.15) is 6.92 Å². The Morgan fingerprint density at radius 2 is 1.72 bits per heavy atom. The van der Waals surface area contributed by atoms with E-state index >= 15 is 0 Å². The fourth-order valence-electron chi connectivity index (χ4n) is 2.81. The van der Waals surface area contributed by atoms with Crippen molar-refractivity contribution in [3.05, 3.63) is 65.8 Å². The van der Waals surface area contributed by atoms with Crippen LogP contribution in [0.3, 0.4) is 0 Å². The van der Waals surface area contributed by atoms with Gasteiger partial charge in [-0.05, 0) is 48.5 Å². The van der Waals surface area contributed by atoms with Crippen LogP contribution in [-0.2, 0) is 4.79 Å². The second-order valence-corrected chi connectivity index (χ2v) is 7.10. The molecule has 4 aromatic rings. The summed E-state index contributed by atoms with van der Waals surface area (Å²) in [5.41, 5.74) is 3.08. The minimum Gasteiger partial charge on any atom is -0.497 e. The summed E-state index contributed by atoms with van der Waals surface area (Å²) in [6, 6.07) is 15.4. The standard InChI is InChI=1S/C21H17FN4O2S/c1-13(27)23-20-11-18(14-3-7-16(22)8-4-14)25-26(20)21-24-19(12-29-21)15-5-9-17(28-2)10-6-15/h3-12H,1-2H3,(H,23,27). The summed E-state index contributed by atoms with van der Waals surface area (Å²) in [4.78, 5) is 16.3. The molecule has 6 nitrogen and oxygen atoms in total. The molecule has 0 unspecified atom stereocenters. The van der Waals surface area contributed by atoms with Gasteiger partial charge in [0.1, 0.15) is 17.4 Å². The van der Waals surface area contributed by atoms with E-state index in [1.165, 1.54) is 30.4 Å². The van der Waals surface area contributed by atoms with Gasteiger partial charge in [-0.3, -0.25) is 4.79 Å². The van der Waals surface area contributed by atoms with Gasteiger partial charge in [0.25, 0.3) is 0 Å². The Kier molecular flexibility index (Phi) is 5.09. The van der Waals surface area contributed by atoms with Crippen molar-refractivity contribution < 1.29 is 13.9 Å². The molecular weight excluding hydrogens is 391 g/mol. The summed E-state index contributed by atoms with van der Waals surface area (Å²) in [7, 11) is 1.62. The van der Waals surface area contributed by atoms with Gasteiger partial charge in [-0.25, -0.2) is 9.37 Å². The molecule has 1 amide bonds. The third kappa shape index (κ3) is 4.02. The molecule has 29 heavy (non-hydrogen) atoms. The number of aromatic nitrogens is 3. The molecule has 0 saturated carbocycles. The minimum absolute atomic E-state index is 0.219. The fraction of sp³-hybridized carbons (Fsp3) is 0.0952. The Morgan fingerprint density at radius 1 is 1.07 bits per heavy atom. The van der Waals surface area contributed by atoms with Crippen molar-refractivity contribution in [2.75, 3.05) is 12.4 Å². The van der Waals surface area contributed by atoms with E-state index < -0.39 is 0 Å². The van der Waals surface area contributed by atoms with Crippen LogP contribution in [0.5, 0.6) is 5.75 Å². The molecule has 2 aromatic carbocycles. The first-order valence-corrected chi connectivity index (χ1v) is 9.65. The molecule has 1 N–H and O–H groups in total. The second kappa shape index (κ2) is 7.84. The maximum Gasteiger partial charge on any atom is 0.222 e. The van der Waals surface area contributed by atoms with E-state index in [9.17, 15) is 9.18 Å². The number of halogens is 1. The molecule has 0 radical (unpaired) electrons. The quantitative estimate of drug-likeness (QED) is 0.517. The normalized spacial score (nSPS) is 10.7. The smallest absolute Gasteiger partial charge is 0.222 e. The number of carbonyl (C=O) groups excluding carboxylic acids is 1. The minimum atomic E-state index is -0.320. The Labute approximate surface area is 170 Å². The molecule has 0 spiro atoms. The number of nitrogens with zero attached hydrogens (tertiary/aromatic N) is 3. The number of anilines is 1. The van der Waals surface area contributed by atoms with Gasteiger partial charge in [0.15, 0.2) is 0 Å². The molecule has 2 aromatic heterocycles. The van der Waals surface area contributed by atoms with Crippen LogP contribution in [0.2, 0.25) is 0 Å². The molecule has 4 rings (SSSR count). The summed E-state index contributed by atoms with van der Waals surface area (Å²) < 4.78 is 20.0. The highest BCUT2D eigenvalue weighted by Gasteiger charge is 2.16. The number of ether oxygens (including phenoxy) is 1. The second-order valence-electron chi connectivity index (χ2n) is 6.26. The topological polar surface area (TPSA) is 69.0 Å². The molecule has 2 heterocycles. The first-order chi connectivity index (χ1) is 14.0. The molecular formula is C21H17FN4O2S. The first-order valence-electron chi connectivity index (χ1n) is 8.77. The van der Waals surface area contributed by atoms with Crippen molar-refractivity contribution in [2.45, 2.75) is 6.92 Å². The van der Waals surface area contributed by atoms with E-state index in [0.29, 0.717) is 16.6 Å². The molecule has 0 bridgehead atoms. The molecule has 0 aliphatic carbocycles. The van der Waals surface area contributed by atoms with E-state index in [1.807, 2.05) is 29.6 Å². The van der Waals surface area contributed by atoms with Crippen LogP contribution in [0, 0.1) is 5.82 Å². The lowest BCUT2D eigenvalue weighted by Gasteiger charge is -2.03. The monoisotopic (exact) mass is 408 g/mol. The van der Waals surface area contributed by atoms with Crippen molar-refractivity contribution in [3.63, 3.8) is 0 Å². The highest BCUT2D eigenvalue weighted by Crippen LogP contribution is 2.30. The Hall–Kier alpha value is -3.52. The lowest BCUT2D eigenvalue weighted by atomic mass is 10.1. The van der Waals surface area contributed by atoms with Crippen LogP contribution >= 0.6 is 11.3 Å². The maximum atomic E-state index is 13.2. The summed E-state index contributed by atoms with van der Waals surface area (Å²) in [6.07, 6.45) is 0. The molecule has 0 saturated heterocycles. The van der Waals surface area contributed by atoms with Gasteiger partial charge in [-0.15, -0.1) is 11.3 Å². The zero-order valence-corrected chi connectivity index (χ0v) is 16.5. The molecule has 0 atom stereocenters. The van der Waals surface area contributed by atoms with E-state index in [4.69, 9.17) is 4.74 Å². The molecule has 146 valence electrons. The van der Waals surface area contributed by atoms with Gasteiger partial charge in [0.05, 0.1) is 18.5 Å². The molecule has 0 aliphatic rings. The molecule has 0 fully saturated rings. The van der Waals surface area contributed by atoms with Crippen molar-refractivity contribution in [3.8, 4) is 33.4 Å². The molecule has 0 aliphatic heterocycles. The lowest BCUT2D eigenvalue weighted by Crippen LogP contribution is -2.10. The van der Waals surface area contributed by atoms with E-state index in [-0.39, 0.29) is 11.7 Å². The zero-order chi connectivity index (χ0) is 20.4. The highest BCUT2D eigenvalue weighted by atomic mass is 32.1. The predicted octanol–water partition coefficient (Wildman–Crippen LogP) is 4.77. The van der Waals surface area contributed by atoms with Gasteiger partial charge >= 0.3 is 0 Å². The van der Waals surface area contributed by atoms with Crippen molar-refractivity contribution in [1.82, 2.24) is 14.8 Å². The highest BCUT2D eigenvalue weighted by molar-refractivity contribution is 7.12. The van der Waals surface area contributed by atoms with E-state index in [1.54, 1.807) is 30.0 Å². The van der Waals surface area contributed by atoms with Crippen LogP contribution < -0.4 is 10.1 Å². The number of methoxy groups -OCH3 is 1. The van der Waals surface area contributed by atoms with Crippen LogP contribution in [0.25, 0.3) is 27.6 Å². The van der Waals surface area contributed by atoms with Crippen LogP contribution in [-0.4, -0.2) is 27.8 Å². The SMILES string of the molecule is COc1ccc(-c2csc(-n3nc(-c4ccc(F)cc4)cc3NC(C)=O)n2)cc1. The number of hydrogen-bond acceptors (Lipinski definition) is 5. The number of benzene rings is 2. The third-order valence-corrected chi connectivity index (χ3v) is 5.03.